The van der Waals surface area contributed by atoms with Crippen molar-refractivity contribution in [3.8, 4) is 0 Å². The average molecular weight is 745 g/mol. The molecule has 0 bridgehead atoms. The van der Waals surface area contributed by atoms with Crippen molar-refractivity contribution in [2.75, 3.05) is 6.61 Å². The number of unbranched alkanes of at least 4 members (excludes halogenated alkanes) is 2. The molecule has 0 saturated heterocycles. The Morgan fingerprint density at radius 1 is 0.635 bits per heavy atom. The van der Waals surface area contributed by atoms with Gasteiger partial charge < -0.3 is 38.7 Å². The Balaban J connectivity index is -0.0000000397. The Morgan fingerprint density at radius 3 is 0.981 bits per heavy atom. The van der Waals surface area contributed by atoms with E-state index in [0.717, 1.165) is 44.1 Å². The van der Waals surface area contributed by atoms with E-state index in [1.54, 1.807) is 26.0 Å². The summed E-state index contributed by atoms with van der Waals surface area (Å²) in [5.41, 5.74) is 0. The van der Waals surface area contributed by atoms with Gasteiger partial charge in [-0.3, -0.25) is 24.0 Å². The minimum atomic E-state index is -0.380. The Bertz CT molecular complexity index is 874. The average Bonchev–Trinajstić information content (AvgIpc) is 3.10. The van der Waals surface area contributed by atoms with Gasteiger partial charge in [0.1, 0.15) is 55.6 Å². The molecule has 0 aromatic heterocycles. The van der Waals surface area contributed by atoms with Gasteiger partial charge in [-0.25, -0.2) is 0 Å². The Labute approximate surface area is 313 Å². The lowest BCUT2D eigenvalue weighted by atomic mass is 10.3. The molecule has 52 heavy (non-hydrogen) atoms. The van der Waals surface area contributed by atoms with Crippen LogP contribution in [0.25, 0.3) is 0 Å². The van der Waals surface area contributed by atoms with E-state index >= 15 is 0 Å². The zero-order valence-corrected chi connectivity index (χ0v) is 33.6. The van der Waals surface area contributed by atoms with Crippen molar-refractivity contribution in [2.24, 2.45) is 0 Å². The fourth-order valence-electron chi connectivity index (χ4n) is 0.439. The number of hydrogen-bond donors (Lipinski definition) is 1. The highest BCUT2D eigenvalue weighted by molar-refractivity contribution is 6.35. The fourth-order valence-corrected chi connectivity index (χ4v) is 0.439. The highest BCUT2D eigenvalue weighted by Crippen LogP contribution is 1.77. The summed E-state index contributed by atoms with van der Waals surface area (Å²) in [4.78, 5) is 113. The first-order valence-corrected chi connectivity index (χ1v) is 15.9. The van der Waals surface area contributed by atoms with Gasteiger partial charge in [0.15, 0.2) is 17.3 Å². The molecule has 13 heteroatoms. The minimum absolute atomic E-state index is 0.0185. The monoisotopic (exact) mass is 744 g/mol. The van der Waals surface area contributed by atoms with E-state index < -0.39 is 0 Å². The molecule has 0 spiro atoms. The SMILES string of the molecule is C/C=C/C=O.C=CC(C)=O.C=CC=O.C=CCC=O.CC(=O)C(C)=O.CC(C)=O.CC=O.CCC(C)=O.CCC=O.CCCC=O.O=CCCCO. The van der Waals surface area contributed by atoms with E-state index in [9.17, 15) is 47.9 Å². The molecule has 0 aromatic carbocycles. The number of ketones is 5. The van der Waals surface area contributed by atoms with Crippen LogP contribution in [-0.4, -0.2) is 84.6 Å². The predicted molar refractivity (Wildman–Crippen MR) is 209 cm³/mol. The van der Waals surface area contributed by atoms with E-state index in [1.807, 2.05) is 20.8 Å². The first kappa shape index (κ1) is 76.7. The maximum atomic E-state index is 9.81. The molecule has 0 atom stereocenters. The second-order valence-corrected chi connectivity index (χ2v) is 8.41. The van der Waals surface area contributed by atoms with Crippen LogP contribution >= 0.6 is 0 Å². The predicted octanol–water partition coefficient (Wildman–Crippen LogP) is 6.14. The van der Waals surface area contributed by atoms with Crippen LogP contribution in [0, 0.1) is 0 Å². The standard InChI is InChI=1S/C4H6O2.C4H8O2.C4H8O.C4H6O.C4H8O.2C4H6O.2C3H6O.C3H4O.C2H4O/c1-3(5)4(2)6;5-3-1-2-4-6;2*1-3-4(2)5;3*1-2-3-4-5;1-3(2)4;2*1-2-3-4;1-2-3/h1-2H3;3,6H,1-2,4H2;3H2,1-2H3;3H,1H2,2H3;4H,2-3H2,1H3;2-4H,1H3;2,4H,1,3H2;1-2H3;3H,2H2,1H3;2-3H,1H2;2H,1H3/b;;;;;3-2+;;;;;. The van der Waals surface area contributed by atoms with Crippen molar-refractivity contribution < 1.29 is 62.6 Å². The van der Waals surface area contributed by atoms with Crippen LogP contribution in [0.15, 0.2) is 50.1 Å². The molecule has 0 aliphatic heterocycles. The summed E-state index contributed by atoms with van der Waals surface area (Å²) in [6, 6.07) is 0. The minimum Gasteiger partial charge on any atom is -0.396 e. The van der Waals surface area contributed by atoms with Crippen LogP contribution in [0.1, 0.15) is 121 Å². The molecule has 0 heterocycles. The molecule has 0 aliphatic carbocycles. The van der Waals surface area contributed by atoms with Gasteiger partial charge in [-0.15, -0.1) is 6.58 Å². The topological polar surface area (TPSA) is 225 Å². The third-order valence-electron chi connectivity index (χ3n) is 2.96. The van der Waals surface area contributed by atoms with E-state index in [2.05, 4.69) is 19.7 Å². The normalized spacial score (nSPS) is 7.00. The quantitative estimate of drug-likeness (QED) is 0.0736. The second-order valence-electron chi connectivity index (χ2n) is 8.41. The molecule has 1 N–H and O–H groups in total. The van der Waals surface area contributed by atoms with Gasteiger partial charge in [0, 0.05) is 52.6 Å². The fraction of sp³-hybridized carbons (Fsp3) is 0.487. The summed E-state index contributed by atoms with van der Waals surface area (Å²) in [7, 11) is 0. The van der Waals surface area contributed by atoms with Crippen molar-refractivity contribution >= 4 is 72.9 Å². The van der Waals surface area contributed by atoms with Gasteiger partial charge in [-0.2, -0.15) is 0 Å². The van der Waals surface area contributed by atoms with Crippen LogP contribution in [0.4, 0.5) is 0 Å². The van der Waals surface area contributed by atoms with Crippen molar-refractivity contribution in [1.29, 1.82) is 0 Å². The molecular weight excluding hydrogens is 676 g/mol. The second kappa shape index (κ2) is 104. The van der Waals surface area contributed by atoms with Crippen molar-refractivity contribution in [1.82, 2.24) is 0 Å². The highest BCUT2D eigenvalue weighted by atomic mass is 16.3. The molecule has 13 nitrogen and oxygen atoms in total. The number of aldehydes is 7. The lowest BCUT2D eigenvalue weighted by Gasteiger charge is -1.79. The van der Waals surface area contributed by atoms with Crippen molar-refractivity contribution in [3.63, 3.8) is 0 Å². The Morgan fingerprint density at radius 2 is 0.962 bits per heavy atom. The number of Topliss-reactive ketones (excluding diaryl/α,β-unsaturated/α-hetero) is 4. The van der Waals surface area contributed by atoms with Gasteiger partial charge >= 0.3 is 0 Å². The van der Waals surface area contributed by atoms with Gasteiger partial charge in [-0.05, 0) is 72.6 Å². The number of aliphatic hydroxyl groups excluding tert-OH is 1. The van der Waals surface area contributed by atoms with E-state index in [-0.39, 0.29) is 35.5 Å². The smallest absolute Gasteiger partial charge is 0.195 e. The summed E-state index contributed by atoms with van der Waals surface area (Å²) >= 11 is 0. The first-order valence-electron chi connectivity index (χ1n) is 15.9. The number of carbonyl (C=O) groups excluding carboxylic acids is 12. The van der Waals surface area contributed by atoms with Crippen molar-refractivity contribution in [2.45, 2.75) is 121 Å². The van der Waals surface area contributed by atoms with Gasteiger partial charge in [0.05, 0.1) is 0 Å². The maximum Gasteiger partial charge on any atom is 0.195 e. The van der Waals surface area contributed by atoms with Crippen molar-refractivity contribution in [3.05, 3.63) is 50.1 Å². The van der Waals surface area contributed by atoms with E-state index in [0.29, 0.717) is 44.8 Å². The first-order chi connectivity index (χ1) is 24.3. The van der Waals surface area contributed by atoms with Crippen LogP contribution in [0.5, 0.6) is 0 Å². The lowest BCUT2D eigenvalue weighted by molar-refractivity contribution is -0.134. The molecule has 0 aliphatic rings. The molecule has 0 radical (unpaired) electrons. The van der Waals surface area contributed by atoms with E-state index in [4.69, 9.17) is 14.7 Å². The van der Waals surface area contributed by atoms with Gasteiger partial charge in [0.2, 0.25) is 0 Å². The molecule has 0 fully saturated rings. The van der Waals surface area contributed by atoms with Crippen LogP contribution in [0.2, 0.25) is 0 Å². The summed E-state index contributed by atoms with van der Waals surface area (Å²) in [6.07, 6.45) is 17.3. The number of rotatable bonds is 13. The number of aliphatic hydroxyl groups is 1. The zero-order valence-electron chi connectivity index (χ0n) is 33.6. The third-order valence-corrected chi connectivity index (χ3v) is 2.96. The molecule has 0 amide bonds. The number of carbonyl (C=O) groups is 12. The number of allylic oxidation sites excluding steroid dienone is 5. The van der Waals surface area contributed by atoms with E-state index in [1.165, 1.54) is 59.8 Å². The molecule has 0 saturated carbocycles. The summed E-state index contributed by atoms with van der Waals surface area (Å²) in [5, 5.41) is 8.04. The third kappa shape index (κ3) is 446. The van der Waals surface area contributed by atoms with Gasteiger partial charge in [-0.1, -0.05) is 46.1 Å². The molecule has 0 rings (SSSR count). The Kier molecular flexibility index (Phi) is 153. The van der Waals surface area contributed by atoms with Crippen LogP contribution < -0.4 is 0 Å². The zero-order chi connectivity index (χ0) is 44.0. The van der Waals surface area contributed by atoms with Crippen LogP contribution in [-0.2, 0) is 57.5 Å². The molecule has 0 unspecified atom stereocenters. The molecular formula is C39H68O13. The lowest BCUT2D eigenvalue weighted by Crippen LogP contribution is -2.01. The molecule has 302 valence electrons. The highest BCUT2D eigenvalue weighted by Gasteiger charge is 1.94. The number of hydrogen-bond acceptors (Lipinski definition) is 13. The largest absolute Gasteiger partial charge is 0.396 e. The van der Waals surface area contributed by atoms with Gasteiger partial charge in [0.25, 0.3) is 0 Å². The summed E-state index contributed by atoms with van der Waals surface area (Å²) < 4.78 is 0. The molecule has 0 aromatic rings. The maximum absolute atomic E-state index is 9.81. The Hall–Kier alpha value is -5.04. The van der Waals surface area contributed by atoms with Crippen LogP contribution in [0.3, 0.4) is 0 Å². The summed E-state index contributed by atoms with van der Waals surface area (Å²) in [5.74, 6) is -0.319. The summed E-state index contributed by atoms with van der Waals surface area (Å²) in [6.45, 7) is 27.3.